The fourth-order valence-electron chi connectivity index (χ4n) is 1.92. The summed E-state index contributed by atoms with van der Waals surface area (Å²) in [5.41, 5.74) is 0.584. The molecule has 1 aromatic heterocycles. The van der Waals surface area contributed by atoms with E-state index < -0.39 is 12.1 Å². The zero-order valence-electron chi connectivity index (χ0n) is 12.9. The number of aromatic nitrogens is 2. The molecule has 23 heavy (non-hydrogen) atoms. The first-order chi connectivity index (χ1) is 11.0. The lowest BCUT2D eigenvalue weighted by atomic mass is 10.1. The highest BCUT2D eigenvalue weighted by atomic mass is 16.5. The summed E-state index contributed by atoms with van der Waals surface area (Å²) in [7, 11) is 0. The molecule has 0 fully saturated rings. The van der Waals surface area contributed by atoms with Crippen LogP contribution in [0.1, 0.15) is 36.0 Å². The molecule has 0 saturated carbocycles. The van der Waals surface area contributed by atoms with Gasteiger partial charge in [-0.15, -0.1) is 0 Å². The number of aliphatic hydroxyl groups is 1. The molecule has 2 aromatic rings. The molecule has 1 aromatic carbocycles. The van der Waals surface area contributed by atoms with Crippen molar-refractivity contribution >= 4 is 11.8 Å². The Hall–Kier alpha value is -2.67. The van der Waals surface area contributed by atoms with E-state index in [4.69, 9.17) is 9.84 Å². The van der Waals surface area contributed by atoms with Gasteiger partial charge >= 0.3 is 5.97 Å². The molecule has 1 atom stereocenters. The average Bonchev–Trinajstić information content (AvgIpc) is 2.52. The van der Waals surface area contributed by atoms with Crippen molar-refractivity contribution in [2.75, 3.05) is 11.9 Å². The van der Waals surface area contributed by atoms with Gasteiger partial charge in [0.2, 0.25) is 0 Å². The smallest absolute Gasteiger partial charge is 0.356 e. The lowest BCUT2D eigenvalue weighted by Crippen LogP contribution is -2.14. The molecule has 122 valence electrons. The second-order valence-electron chi connectivity index (χ2n) is 5.23. The summed E-state index contributed by atoms with van der Waals surface area (Å²) in [6.07, 6.45) is 1.78. The molecule has 0 aliphatic heterocycles. The highest BCUT2D eigenvalue weighted by molar-refractivity contribution is 5.84. The second-order valence-corrected chi connectivity index (χ2v) is 5.23. The number of nitrogens with zero attached hydrogens (tertiary/aromatic N) is 2. The summed E-state index contributed by atoms with van der Waals surface area (Å²) < 4.78 is 5.59. The molecule has 7 nitrogen and oxygen atoms in total. The molecule has 7 heteroatoms. The third-order valence-corrected chi connectivity index (χ3v) is 2.96. The maximum Gasteiger partial charge on any atom is 0.356 e. The van der Waals surface area contributed by atoms with Crippen LogP contribution in [0.15, 0.2) is 36.7 Å². The van der Waals surface area contributed by atoms with Crippen LogP contribution >= 0.6 is 0 Å². The van der Waals surface area contributed by atoms with E-state index in [-0.39, 0.29) is 18.3 Å². The van der Waals surface area contributed by atoms with Gasteiger partial charge < -0.3 is 20.3 Å². The lowest BCUT2D eigenvalue weighted by Gasteiger charge is -2.15. The number of carbonyl (C=O) groups is 1. The van der Waals surface area contributed by atoms with Gasteiger partial charge in [-0.2, -0.15) is 0 Å². The minimum Gasteiger partial charge on any atom is -0.491 e. The average molecular weight is 317 g/mol. The molecule has 0 spiro atoms. The largest absolute Gasteiger partial charge is 0.491 e. The van der Waals surface area contributed by atoms with Crippen LogP contribution in [0.2, 0.25) is 0 Å². The Morgan fingerprint density at radius 1 is 1.30 bits per heavy atom. The van der Waals surface area contributed by atoms with E-state index in [1.165, 1.54) is 6.20 Å². The number of aliphatic hydroxyl groups excluding tert-OH is 1. The fourth-order valence-corrected chi connectivity index (χ4v) is 1.92. The van der Waals surface area contributed by atoms with Gasteiger partial charge in [-0.25, -0.2) is 14.8 Å². The monoisotopic (exact) mass is 317 g/mol. The molecular weight excluding hydrogens is 298 g/mol. The van der Waals surface area contributed by atoms with E-state index in [1.54, 1.807) is 12.1 Å². The zero-order valence-corrected chi connectivity index (χ0v) is 12.9. The van der Waals surface area contributed by atoms with Gasteiger partial charge in [0, 0.05) is 6.54 Å². The van der Waals surface area contributed by atoms with E-state index >= 15 is 0 Å². The van der Waals surface area contributed by atoms with Gasteiger partial charge in [0.15, 0.2) is 5.69 Å². The van der Waals surface area contributed by atoms with Crippen LogP contribution in [0, 0.1) is 0 Å². The second kappa shape index (κ2) is 7.55. The molecule has 0 aliphatic rings. The molecule has 2 rings (SSSR count). The number of aromatic carboxylic acids is 1. The summed E-state index contributed by atoms with van der Waals surface area (Å²) in [5, 5.41) is 21.9. The quantitative estimate of drug-likeness (QED) is 0.718. The van der Waals surface area contributed by atoms with Crippen molar-refractivity contribution in [3.8, 4) is 5.75 Å². The van der Waals surface area contributed by atoms with Crippen molar-refractivity contribution < 1.29 is 19.7 Å². The normalized spacial score (nSPS) is 12.0. The highest BCUT2D eigenvalue weighted by Crippen LogP contribution is 2.20. The molecule has 0 radical (unpaired) electrons. The van der Waals surface area contributed by atoms with Gasteiger partial charge in [-0.3, -0.25) is 0 Å². The predicted molar refractivity (Wildman–Crippen MR) is 84.6 cm³/mol. The minimum absolute atomic E-state index is 0.0588. The van der Waals surface area contributed by atoms with Crippen molar-refractivity contribution in [2.24, 2.45) is 0 Å². The van der Waals surface area contributed by atoms with Crippen LogP contribution < -0.4 is 10.1 Å². The van der Waals surface area contributed by atoms with Crippen LogP contribution in [0.5, 0.6) is 5.75 Å². The van der Waals surface area contributed by atoms with Crippen LogP contribution in [-0.4, -0.2) is 38.8 Å². The standard InChI is InChI=1S/C16H19N3O4/c1-10(2)23-12-5-3-4-11(6-12)14(20)8-19-15-9-17-13(7-18-15)16(21)22/h3-7,9-10,14,20H,8H2,1-2H3,(H,18,19)(H,21,22). The summed E-state index contributed by atoms with van der Waals surface area (Å²) in [4.78, 5) is 18.4. The number of ether oxygens (including phenoxy) is 1. The Bertz CT molecular complexity index is 659. The predicted octanol–water partition coefficient (Wildman–Crippen LogP) is 2.11. The number of rotatable bonds is 7. The first-order valence-corrected chi connectivity index (χ1v) is 7.19. The first kappa shape index (κ1) is 16.7. The van der Waals surface area contributed by atoms with Crippen molar-refractivity contribution in [3.63, 3.8) is 0 Å². The number of hydrogen-bond acceptors (Lipinski definition) is 6. The van der Waals surface area contributed by atoms with E-state index in [1.807, 2.05) is 26.0 Å². The number of carboxylic acids is 1. The Kier molecular flexibility index (Phi) is 5.48. The highest BCUT2D eigenvalue weighted by Gasteiger charge is 2.10. The fraction of sp³-hybridized carbons (Fsp3) is 0.312. The minimum atomic E-state index is -1.13. The maximum absolute atomic E-state index is 10.7. The van der Waals surface area contributed by atoms with E-state index in [0.717, 1.165) is 6.20 Å². The molecule has 1 unspecified atom stereocenters. The Labute approximate surface area is 134 Å². The Balaban J connectivity index is 1.96. The number of carboxylic acid groups (broad SMARTS) is 1. The number of nitrogens with one attached hydrogen (secondary N) is 1. The summed E-state index contributed by atoms with van der Waals surface area (Å²) in [5.74, 6) is -0.0446. The molecule has 0 amide bonds. The van der Waals surface area contributed by atoms with Crippen molar-refractivity contribution in [3.05, 3.63) is 47.9 Å². The summed E-state index contributed by atoms with van der Waals surface area (Å²) in [6, 6.07) is 7.24. The van der Waals surface area contributed by atoms with Crippen LogP contribution in [0.3, 0.4) is 0 Å². The summed E-state index contributed by atoms with van der Waals surface area (Å²) in [6.45, 7) is 4.08. The molecule has 3 N–H and O–H groups in total. The SMILES string of the molecule is CC(C)Oc1cccc(C(O)CNc2cnc(C(=O)O)cn2)c1. The molecule has 0 aliphatic carbocycles. The van der Waals surface area contributed by atoms with Crippen molar-refractivity contribution in [2.45, 2.75) is 26.1 Å². The van der Waals surface area contributed by atoms with Crippen LogP contribution in [0.25, 0.3) is 0 Å². The number of benzene rings is 1. The molecular formula is C16H19N3O4. The van der Waals surface area contributed by atoms with E-state index in [2.05, 4.69) is 15.3 Å². The van der Waals surface area contributed by atoms with Gasteiger partial charge in [0.25, 0.3) is 0 Å². The van der Waals surface area contributed by atoms with Gasteiger partial charge in [0.1, 0.15) is 11.6 Å². The maximum atomic E-state index is 10.7. The van der Waals surface area contributed by atoms with Gasteiger partial charge in [-0.05, 0) is 31.5 Å². The van der Waals surface area contributed by atoms with Gasteiger partial charge in [0.05, 0.1) is 24.6 Å². The Morgan fingerprint density at radius 2 is 2.09 bits per heavy atom. The number of hydrogen-bond donors (Lipinski definition) is 3. The molecule has 0 bridgehead atoms. The lowest BCUT2D eigenvalue weighted by molar-refractivity contribution is 0.0690. The van der Waals surface area contributed by atoms with Gasteiger partial charge in [-0.1, -0.05) is 12.1 Å². The number of anilines is 1. The Morgan fingerprint density at radius 3 is 2.70 bits per heavy atom. The zero-order chi connectivity index (χ0) is 16.8. The third-order valence-electron chi connectivity index (χ3n) is 2.96. The summed E-state index contributed by atoms with van der Waals surface area (Å²) >= 11 is 0. The van der Waals surface area contributed by atoms with Crippen molar-refractivity contribution in [1.29, 1.82) is 0 Å². The van der Waals surface area contributed by atoms with Crippen LogP contribution in [0.4, 0.5) is 5.82 Å². The molecule has 0 saturated heterocycles. The van der Waals surface area contributed by atoms with Crippen molar-refractivity contribution in [1.82, 2.24) is 9.97 Å². The van der Waals surface area contributed by atoms with E-state index in [0.29, 0.717) is 17.1 Å². The van der Waals surface area contributed by atoms with Crippen LogP contribution in [-0.2, 0) is 0 Å². The van der Waals surface area contributed by atoms with E-state index in [9.17, 15) is 9.90 Å². The third kappa shape index (κ3) is 4.93. The topological polar surface area (TPSA) is 105 Å². The first-order valence-electron chi connectivity index (χ1n) is 7.19. The molecule has 1 heterocycles.